The molecule has 0 unspecified atom stereocenters. The lowest BCUT2D eigenvalue weighted by Crippen LogP contribution is -2.17. The molecule has 4 aromatic rings. The Labute approximate surface area is 178 Å². The standard InChI is InChI=1S/C24H20N2O3S/c1-4-13-26-22-19(29-5-2)11-8-12-21(22)30-24(26)25-23(27)18-14-16-9-6-7-10-17(16)15-20(18)28-3/h1,6-12,14-15H,5,13H2,2-3H3. The second-order valence-corrected chi connectivity index (χ2v) is 7.54. The molecule has 0 saturated heterocycles. The Bertz CT molecular complexity index is 1360. The van der Waals surface area contributed by atoms with E-state index in [2.05, 4.69) is 10.9 Å². The van der Waals surface area contributed by atoms with Gasteiger partial charge in [0.2, 0.25) is 0 Å². The lowest BCUT2D eigenvalue weighted by Gasteiger charge is -2.08. The minimum Gasteiger partial charge on any atom is -0.496 e. The molecule has 30 heavy (non-hydrogen) atoms. The normalized spacial score (nSPS) is 11.6. The summed E-state index contributed by atoms with van der Waals surface area (Å²) in [7, 11) is 1.55. The SMILES string of the molecule is C#CCn1c(=NC(=O)c2cc3ccccc3cc2OC)sc2cccc(OCC)c21. The molecule has 0 N–H and O–H groups in total. The van der Waals surface area contributed by atoms with Crippen LogP contribution in [-0.4, -0.2) is 24.2 Å². The first-order chi connectivity index (χ1) is 14.7. The number of aromatic nitrogens is 1. The van der Waals surface area contributed by atoms with Crippen LogP contribution in [0.5, 0.6) is 11.5 Å². The van der Waals surface area contributed by atoms with Crippen LogP contribution in [-0.2, 0) is 6.54 Å². The van der Waals surface area contributed by atoms with Crippen molar-refractivity contribution in [1.82, 2.24) is 4.57 Å². The second kappa shape index (κ2) is 8.44. The average Bonchev–Trinajstić information content (AvgIpc) is 3.11. The predicted octanol–water partition coefficient (Wildman–Crippen LogP) is 4.64. The van der Waals surface area contributed by atoms with Gasteiger partial charge in [0.25, 0.3) is 5.91 Å². The first-order valence-corrected chi connectivity index (χ1v) is 10.3. The summed E-state index contributed by atoms with van der Waals surface area (Å²) in [5.74, 6) is 3.48. The van der Waals surface area contributed by atoms with Gasteiger partial charge in [0.1, 0.15) is 17.0 Å². The smallest absolute Gasteiger partial charge is 0.283 e. The highest BCUT2D eigenvalue weighted by Gasteiger charge is 2.16. The van der Waals surface area contributed by atoms with Crippen LogP contribution in [0.15, 0.2) is 59.6 Å². The minimum absolute atomic E-state index is 0.283. The van der Waals surface area contributed by atoms with Gasteiger partial charge in [-0.05, 0) is 42.0 Å². The van der Waals surface area contributed by atoms with E-state index in [0.717, 1.165) is 26.7 Å². The molecule has 0 aliphatic heterocycles. The van der Waals surface area contributed by atoms with Crippen molar-refractivity contribution >= 4 is 38.2 Å². The van der Waals surface area contributed by atoms with Crippen LogP contribution in [0.3, 0.4) is 0 Å². The van der Waals surface area contributed by atoms with Crippen LogP contribution in [0.4, 0.5) is 0 Å². The summed E-state index contributed by atoms with van der Waals surface area (Å²) < 4.78 is 14.0. The highest BCUT2D eigenvalue weighted by Crippen LogP contribution is 2.29. The fourth-order valence-corrected chi connectivity index (χ4v) is 4.44. The van der Waals surface area contributed by atoms with Gasteiger partial charge in [-0.2, -0.15) is 4.99 Å². The van der Waals surface area contributed by atoms with Crippen LogP contribution in [0.25, 0.3) is 21.0 Å². The number of methoxy groups -OCH3 is 1. The number of benzene rings is 3. The first kappa shape index (κ1) is 19.7. The minimum atomic E-state index is -0.382. The number of ether oxygens (including phenoxy) is 2. The van der Waals surface area contributed by atoms with Gasteiger partial charge in [0.05, 0.1) is 30.5 Å². The summed E-state index contributed by atoms with van der Waals surface area (Å²) in [6, 6.07) is 17.3. The first-order valence-electron chi connectivity index (χ1n) is 9.50. The zero-order valence-electron chi connectivity index (χ0n) is 16.7. The number of nitrogens with zero attached hydrogens (tertiary/aromatic N) is 2. The Morgan fingerprint density at radius 3 is 2.60 bits per heavy atom. The van der Waals surface area contributed by atoms with Gasteiger partial charge in [-0.1, -0.05) is 47.6 Å². The van der Waals surface area contributed by atoms with Crippen molar-refractivity contribution in [2.75, 3.05) is 13.7 Å². The summed E-state index contributed by atoms with van der Waals surface area (Å²) >= 11 is 1.40. The zero-order valence-corrected chi connectivity index (χ0v) is 17.5. The third kappa shape index (κ3) is 3.56. The van der Waals surface area contributed by atoms with E-state index in [1.807, 2.05) is 66.1 Å². The molecule has 5 nitrogen and oxygen atoms in total. The largest absolute Gasteiger partial charge is 0.496 e. The topological polar surface area (TPSA) is 52.8 Å². The van der Waals surface area contributed by atoms with Crippen LogP contribution >= 0.6 is 11.3 Å². The van der Waals surface area contributed by atoms with Crippen molar-refractivity contribution in [2.24, 2.45) is 4.99 Å². The fourth-order valence-electron chi connectivity index (χ4n) is 3.40. The molecule has 0 aliphatic rings. The van der Waals surface area contributed by atoms with Gasteiger partial charge in [-0.3, -0.25) is 4.79 Å². The maximum atomic E-state index is 13.1. The number of para-hydroxylation sites is 1. The highest BCUT2D eigenvalue weighted by atomic mass is 32.1. The molecule has 0 bridgehead atoms. The summed E-state index contributed by atoms with van der Waals surface area (Å²) in [4.78, 5) is 18.1. The van der Waals surface area contributed by atoms with E-state index in [9.17, 15) is 4.79 Å². The van der Waals surface area contributed by atoms with E-state index in [1.54, 1.807) is 7.11 Å². The second-order valence-electron chi connectivity index (χ2n) is 6.53. The average molecular weight is 417 g/mol. The maximum Gasteiger partial charge on any atom is 0.283 e. The van der Waals surface area contributed by atoms with Gasteiger partial charge in [-0.25, -0.2) is 0 Å². The number of rotatable bonds is 5. The lowest BCUT2D eigenvalue weighted by atomic mass is 10.1. The number of thiazole rings is 1. The number of hydrogen-bond donors (Lipinski definition) is 0. The van der Waals surface area contributed by atoms with Crippen molar-refractivity contribution in [3.05, 3.63) is 65.0 Å². The van der Waals surface area contributed by atoms with E-state index in [-0.39, 0.29) is 12.5 Å². The van der Waals surface area contributed by atoms with Crippen LogP contribution in [0.2, 0.25) is 0 Å². The molecule has 3 aromatic carbocycles. The molecular weight excluding hydrogens is 396 g/mol. The molecule has 1 aromatic heterocycles. The Morgan fingerprint density at radius 2 is 1.90 bits per heavy atom. The lowest BCUT2D eigenvalue weighted by molar-refractivity contribution is 0.0995. The van der Waals surface area contributed by atoms with Crippen molar-refractivity contribution in [1.29, 1.82) is 0 Å². The van der Waals surface area contributed by atoms with Crippen LogP contribution in [0.1, 0.15) is 17.3 Å². The Balaban J connectivity index is 1.90. The molecule has 4 rings (SSSR count). The monoisotopic (exact) mass is 416 g/mol. The maximum absolute atomic E-state index is 13.1. The van der Waals surface area contributed by atoms with E-state index in [0.29, 0.717) is 22.7 Å². The number of fused-ring (bicyclic) bond motifs is 2. The zero-order chi connectivity index (χ0) is 21.1. The van der Waals surface area contributed by atoms with E-state index >= 15 is 0 Å². The van der Waals surface area contributed by atoms with E-state index < -0.39 is 0 Å². The number of carbonyl (C=O) groups excluding carboxylic acids is 1. The third-order valence-electron chi connectivity index (χ3n) is 4.71. The Hall–Kier alpha value is -3.56. The van der Waals surface area contributed by atoms with Gasteiger partial charge in [0.15, 0.2) is 4.80 Å². The van der Waals surface area contributed by atoms with E-state index in [1.165, 1.54) is 11.3 Å². The van der Waals surface area contributed by atoms with Crippen LogP contribution in [0, 0.1) is 12.3 Å². The quantitative estimate of drug-likeness (QED) is 0.446. The van der Waals surface area contributed by atoms with Crippen molar-refractivity contribution in [3.63, 3.8) is 0 Å². The van der Waals surface area contributed by atoms with Gasteiger partial charge >= 0.3 is 0 Å². The summed E-state index contributed by atoms with van der Waals surface area (Å²) in [5, 5.41) is 1.94. The van der Waals surface area contributed by atoms with Crippen molar-refractivity contribution in [3.8, 4) is 23.8 Å². The highest BCUT2D eigenvalue weighted by molar-refractivity contribution is 7.16. The summed E-state index contributed by atoms with van der Waals surface area (Å²) in [6.07, 6.45) is 5.60. The predicted molar refractivity (Wildman–Crippen MR) is 120 cm³/mol. The molecule has 0 saturated carbocycles. The molecule has 0 aliphatic carbocycles. The molecule has 1 amide bonds. The van der Waals surface area contributed by atoms with Gasteiger partial charge in [-0.15, -0.1) is 6.42 Å². The van der Waals surface area contributed by atoms with Gasteiger partial charge in [0, 0.05) is 0 Å². The molecule has 150 valence electrons. The fraction of sp³-hybridized carbons (Fsp3) is 0.167. The number of terminal acetylenes is 1. The van der Waals surface area contributed by atoms with Gasteiger partial charge < -0.3 is 14.0 Å². The summed E-state index contributed by atoms with van der Waals surface area (Å²) in [6.45, 7) is 2.74. The van der Waals surface area contributed by atoms with Crippen molar-refractivity contribution in [2.45, 2.75) is 13.5 Å². The number of amides is 1. The number of carbonyl (C=O) groups is 1. The molecule has 0 spiro atoms. The molecule has 0 radical (unpaired) electrons. The Morgan fingerprint density at radius 1 is 1.13 bits per heavy atom. The molecule has 6 heteroatoms. The summed E-state index contributed by atoms with van der Waals surface area (Å²) in [5.41, 5.74) is 1.25. The molecule has 0 fully saturated rings. The molecule has 1 heterocycles. The third-order valence-corrected chi connectivity index (χ3v) is 5.75. The van der Waals surface area contributed by atoms with E-state index in [4.69, 9.17) is 15.9 Å². The van der Waals surface area contributed by atoms with Crippen LogP contribution < -0.4 is 14.3 Å². The number of hydrogen-bond acceptors (Lipinski definition) is 4. The molecular formula is C24H20N2O3S. The van der Waals surface area contributed by atoms with Crippen molar-refractivity contribution < 1.29 is 14.3 Å². The molecule has 0 atom stereocenters. The Kier molecular flexibility index (Phi) is 5.55.